The smallest absolute Gasteiger partial charge is 0.0575 e. The first-order valence-corrected chi connectivity index (χ1v) is 23.1. The van der Waals surface area contributed by atoms with Gasteiger partial charge in [0.05, 0.1) is 5.69 Å². The molecule has 0 saturated carbocycles. The zero-order valence-electron chi connectivity index (χ0n) is 39.9. The van der Waals surface area contributed by atoms with Gasteiger partial charge in [-0.2, -0.15) is 0 Å². The average Bonchev–Trinajstić information content (AvgIpc) is 3.60. The van der Waals surface area contributed by atoms with E-state index in [1.165, 1.54) is 72.9 Å². The zero-order valence-corrected chi connectivity index (χ0v) is 39.9. The van der Waals surface area contributed by atoms with Crippen LogP contribution in [0.4, 0.5) is 5.69 Å². The Kier molecular flexibility index (Phi) is 14.9. The van der Waals surface area contributed by atoms with Gasteiger partial charge in [0.15, 0.2) is 0 Å². The summed E-state index contributed by atoms with van der Waals surface area (Å²) < 4.78 is 2.59. The Labute approximate surface area is 375 Å². The van der Waals surface area contributed by atoms with Crippen LogP contribution in [0, 0.1) is 16.7 Å². The van der Waals surface area contributed by atoms with E-state index in [9.17, 15) is 0 Å². The quantitative estimate of drug-likeness (QED) is 0.0899. The molecule has 1 aliphatic heterocycles. The van der Waals surface area contributed by atoms with E-state index in [1.807, 2.05) is 0 Å². The highest BCUT2D eigenvalue weighted by Gasteiger charge is 2.29. The second-order valence-corrected chi connectivity index (χ2v) is 19.2. The molecule has 0 amide bonds. The summed E-state index contributed by atoms with van der Waals surface area (Å²) in [4.78, 5) is 2.63. The number of aromatic nitrogens is 1. The number of hydrogen-bond donors (Lipinski definition) is 0. The molecule has 0 bridgehead atoms. The lowest BCUT2D eigenvalue weighted by atomic mass is 9.81. The van der Waals surface area contributed by atoms with Crippen molar-refractivity contribution >= 4 is 11.3 Å². The van der Waals surface area contributed by atoms with E-state index in [-0.39, 0.29) is 22.8 Å². The molecule has 2 atom stereocenters. The van der Waals surface area contributed by atoms with Crippen LogP contribution in [0.25, 0.3) is 33.5 Å². The summed E-state index contributed by atoms with van der Waals surface area (Å²) in [5, 5.41) is 0. The fourth-order valence-corrected chi connectivity index (χ4v) is 8.89. The molecule has 0 spiro atoms. The van der Waals surface area contributed by atoms with E-state index in [0.29, 0.717) is 0 Å². The summed E-state index contributed by atoms with van der Waals surface area (Å²) in [5.41, 5.74) is 18.4. The van der Waals surface area contributed by atoms with Gasteiger partial charge in [-0.15, -0.1) is 0 Å². The number of nitrogens with zero attached hydrogens (tertiary/aromatic N) is 2. The molecule has 1 aromatic heterocycles. The summed E-state index contributed by atoms with van der Waals surface area (Å²) >= 11 is 0. The molecule has 2 heterocycles. The van der Waals surface area contributed by atoms with Gasteiger partial charge in [0.1, 0.15) is 0 Å². The summed E-state index contributed by atoms with van der Waals surface area (Å²) in [6.45, 7) is 27.8. The van der Waals surface area contributed by atoms with Gasteiger partial charge in [-0.3, -0.25) is 0 Å². The molecule has 1 aliphatic rings. The van der Waals surface area contributed by atoms with Crippen LogP contribution in [0.15, 0.2) is 180 Å². The van der Waals surface area contributed by atoms with Crippen LogP contribution < -0.4 is 4.90 Å². The number of anilines is 1. The van der Waals surface area contributed by atoms with Gasteiger partial charge in [-0.1, -0.05) is 201 Å². The van der Waals surface area contributed by atoms with Crippen molar-refractivity contribution in [3.05, 3.63) is 197 Å². The summed E-state index contributed by atoms with van der Waals surface area (Å²) in [6, 6.07) is 42.7. The monoisotopic (exact) mass is 821 g/mol. The summed E-state index contributed by atoms with van der Waals surface area (Å²) in [7, 11) is 0. The van der Waals surface area contributed by atoms with Gasteiger partial charge < -0.3 is 9.47 Å². The predicted molar refractivity (Wildman–Crippen MR) is 272 cm³/mol. The molecule has 2 unspecified atom stereocenters. The third-order valence-corrected chi connectivity index (χ3v) is 12.8. The lowest BCUT2D eigenvalue weighted by Crippen LogP contribution is -2.32. The molecule has 2 nitrogen and oxygen atoms in total. The van der Waals surface area contributed by atoms with E-state index in [2.05, 4.69) is 250 Å². The molecule has 5 aromatic rings. The zero-order chi connectivity index (χ0) is 44.6. The normalized spacial score (nSPS) is 19.5. The lowest BCUT2D eigenvalue weighted by molar-refractivity contribution is 0.501. The van der Waals surface area contributed by atoms with Crippen LogP contribution in [0.3, 0.4) is 0 Å². The third-order valence-electron chi connectivity index (χ3n) is 12.8. The first kappa shape index (κ1) is 45.9. The Morgan fingerprint density at radius 3 is 1.81 bits per heavy atom. The van der Waals surface area contributed by atoms with Gasteiger partial charge in [0, 0.05) is 46.4 Å². The Bertz CT molecular complexity index is 2450. The summed E-state index contributed by atoms with van der Waals surface area (Å²) in [6.07, 6.45) is 20.1. The van der Waals surface area contributed by atoms with Crippen LogP contribution in [0.2, 0.25) is 0 Å². The van der Waals surface area contributed by atoms with Crippen molar-refractivity contribution in [2.75, 3.05) is 4.90 Å². The fraction of sp³-hybridized carbons (Fsp3) is 0.333. The highest BCUT2D eigenvalue weighted by molar-refractivity contribution is 5.95. The molecular formula is C60H72N2. The van der Waals surface area contributed by atoms with Crippen molar-refractivity contribution in [2.45, 2.75) is 115 Å². The highest BCUT2D eigenvalue weighted by Crippen LogP contribution is 2.46. The maximum atomic E-state index is 2.63. The maximum Gasteiger partial charge on any atom is 0.0575 e. The van der Waals surface area contributed by atoms with Gasteiger partial charge >= 0.3 is 0 Å². The molecule has 0 saturated heterocycles. The topological polar surface area (TPSA) is 8.17 Å². The molecule has 0 fully saturated rings. The number of hydrogen-bond acceptors (Lipinski definition) is 1. The molecule has 62 heavy (non-hydrogen) atoms. The largest absolute Gasteiger partial charge is 0.339 e. The molecule has 0 radical (unpaired) electrons. The van der Waals surface area contributed by atoms with Crippen molar-refractivity contribution < 1.29 is 0 Å². The molecular weight excluding hydrogens is 749 g/mol. The predicted octanol–water partition coefficient (Wildman–Crippen LogP) is 17.2. The van der Waals surface area contributed by atoms with Crippen LogP contribution >= 0.6 is 0 Å². The molecule has 2 heteroatoms. The van der Waals surface area contributed by atoms with E-state index in [4.69, 9.17) is 0 Å². The van der Waals surface area contributed by atoms with E-state index >= 15 is 0 Å². The Balaban J connectivity index is 1.65. The fourth-order valence-electron chi connectivity index (χ4n) is 8.89. The number of allylic oxidation sites excluding steroid dienone is 11. The van der Waals surface area contributed by atoms with Crippen molar-refractivity contribution in [3.63, 3.8) is 0 Å². The number of benzene rings is 4. The Morgan fingerprint density at radius 2 is 1.27 bits per heavy atom. The molecule has 0 aliphatic carbocycles. The van der Waals surface area contributed by atoms with E-state index in [1.54, 1.807) is 0 Å². The van der Waals surface area contributed by atoms with E-state index in [0.717, 1.165) is 31.4 Å². The van der Waals surface area contributed by atoms with Gasteiger partial charge in [-0.25, -0.2) is 0 Å². The minimum atomic E-state index is 0.0395. The van der Waals surface area contributed by atoms with Crippen molar-refractivity contribution in [1.82, 2.24) is 4.57 Å². The molecule has 4 aromatic carbocycles. The second kappa shape index (κ2) is 20.1. The van der Waals surface area contributed by atoms with Crippen LogP contribution in [-0.2, 0) is 6.42 Å². The lowest BCUT2D eigenvalue weighted by Gasteiger charge is -2.35. The average molecular weight is 821 g/mol. The van der Waals surface area contributed by atoms with Crippen LogP contribution in [0.5, 0.6) is 0 Å². The van der Waals surface area contributed by atoms with Crippen LogP contribution in [-0.4, -0.2) is 10.6 Å². The van der Waals surface area contributed by atoms with Crippen molar-refractivity contribution in [3.8, 4) is 27.9 Å². The maximum absolute atomic E-state index is 2.63. The van der Waals surface area contributed by atoms with Crippen LogP contribution in [0.1, 0.15) is 119 Å². The van der Waals surface area contributed by atoms with E-state index < -0.39 is 0 Å². The minimum Gasteiger partial charge on any atom is -0.339 e. The Morgan fingerprint density at radius 1 is 0.710 bits per heavy atom. The second-order valence-electron chi connectivity index (χ2n) is 19.2. The number of rotatable bonds is 12. The molecule has 6 rings (SSSR count). The van der Waals surface area contributed by atoms with Gasteiger partial charge in [-0.05, 0) is 114 Å². The standard InChI is InChI=1S/C60H72N2/c1-13-16-28-47(14-2)58-57(49-31-24-19-25-32-49)56(48-29-22-18-23-30-48)55(42-46-26-20-17-21-27-46)62(58)52-38-36-51(37-39-52)61-45(6)34-35-50(60(10,11)12)41-43(4)53(54(61)15-3)40-33-44(5)59(7,8)9/h13,16-39,41,43,45H,14-15,40,42H2,1-12H3/b16-13-,35-34-,44-33+,47-28+,50-41+,54-53-. The first-order valence-electron chi connectivity index (χ1n) is 23.1. The van der Waals surface area contributed by atoms with Gasteiger partial charge in [0.2, 0.25) is 0 Å². The Hall–Kier alpha value is -5.60. The summed E-state index contributed by atoms with van der Waals surface area (Å²) in [5.74, 6) is 0.284. The van der Waals surface area contributed by atoms with Crippen molar-refractivity contribution in [1.29, 1.82) is 0 Å². The molecule has 322 valence electrons. The van der Waals surface area contributed by atoms with Crippen molar-refractivity contribution in [2.24, 2.45) is 16.7 Å². The first-order chi connectivity index (χ1) is 29.7. The SMILES string of the molecule is C/C=C\C=C(/CC)c1c(-c2ccccc2)c(-c2ccccc2)c(Cc2ccccc2)n1-c1ccc(N2/C(CC)=C(/C/C=C(\C)C(C)(C)C)C(C)/C=C(C(C)(C)C)\C=C/C2C)cc1. The molecule has 0 N–H and O–H groups in total. The highest BCUT2D eigenvalue weighted by atomic mass is 15.2. The minimum absolute atomic E-state index is 0.0395. The third kappa shape index (κ3) is 10.4. The van der Waals surface area contributed by atoms with Gasteiger partial charge in [0.25, 0.3) is 0 Å².